The summed E-state index contributed by atoms with van der Waals surface area (Å²) >= 11 is 1.61. The molecule has 3 nitrogen and oxygen atoms in total. The van der Waals surface area contributed by atoms with E-state index in [-0.39, 0.29) is 6.04 Å². The minimum Gasteiger partial charge on any atom is -0.472 e. The van der Waals surface area contributed by atoms with Crippen LogP contribution < -0.4 is 5.73 Å². The van der Waals surface area contributed by atoms with Crippen molar-refractivity contribution in [1.82, 2.24) is 4.98 Å². The summed E-state index contributed by atoms with van der Waals surface area (Å²) in [6.07, 6.45) is 4.33. The second-order valence-corrected chi connectivity index (χ2v) is 5.18. The molecule has 2 aromatic heterocycles. The number of thiazole rings is 1. The van der Waals surface area contributed by atoms with Crippen molar-refractivity contribution in [1.29, 1.82) is 0 Å². The Morgan fingerprint density at radius 1 is 1.50 bits per heavy atom. The summed E-state index contributed by atoms with van der Waals surface area (Å²) in [4.78, 5) is 4.54. The van der Waals surface area contributed by atoms with E-state index in [1.165, 1.54) is 0 Å². The maximum atomic E-state index is 6.08. The molecule has 0 fully saturated rings. The monoisotopic (exact) mass is 236 g/mol. The van der Waals surface area contributed by atoms with Gasteiger partial charge < -0.3 is 10.2 Å². The van der Waals surface area contributed by atoms with Gasteiger partial charge in [0.1, 0.15) is 11.3 Å². The third kappa shape index (κ3) is 2.51. The zero-order valence-electron chi connectivity index (χ0n) is 9.51. The smallest absolute Gasteiger partial charge is 0.126 e. The van der Waals surface area contributed by atoms with Crippen LogP contribution in [0.1, 0.15) is 32.0 Å². The molecular formula is C12H16N2OS. The number of furan rings is 1. The van der Waals surface area contributed by atoms with E-state index >= 15 is 0 Å². The molecule has 2 aromatic rings. The van der Waals surface area contributed by atoms with Crippen LogP contribution in [-0.2, 0) is 0 Å². The van der Waals surface area contributed by atoms with E-state index in [2.05, 4.69) is 18.8 Å². The van der Waals surface area contributed by atoms with E-state index in [1.807, 2.05) is 11.4 Å². The Morgan fingerprint density at radius 3 is 2.94 bits per heavy atom. The van der Waals surface area contributed by atoms with E-state index in [0.717, 1.165) is 22.7 Å². The summed E-state index contributed by atoms with van der Waals surface area (Å²) in [7, 11) is 0. The third-order valence-corrected chi connectivity index (χ3v) is 3.30. The molecule has 0 bridgehead atoms. The summed E-state index contributed by atoms with van der Waals surface area (Å²) in [6, 6.07) is 1.95. The number of rotatable bonds is 4. The van der Waals surface area contributed by atoms with E-state index < -0.39 is 0 Å². The van der Waals surface area contributed by atoms with Crippen molar-refractivity contribution < 1.29 is 4.42 Å². The van der Waals surface area contributed by atoms with E-state index in [1.54, 1.807) is 23.9 Å². The van der Waals surface area contributed by atoms with Gasteiger partial charge in [-0.2, -0.15) is 0 Å². The molecule has 1 atom stereocenters. The molecule has 0 aliphatic carbocycles. The molecule has 1 unspecified atom stereocenters. The van der Waals surface area contributed by atoms with Gasteiger partial charge in [0.25, 0.3) is 0 Å². The third-order valence-electron chi connectivity index (χ3n) is 2.40. The second kappa shape index (κ2) is 4.80. The summed E-state index contributed by atoms with van der Waals surface area (Å²) in [6.45, 7) is 4.34. The maximum absolute atomic E-state index is 6.08. The van der Waals surface area contributed by atoms with Crippen LogP contribution in [0.3, 0.4) is 0 Å². The van der Waals surface area contributed by atoms with Crippen molar-refractivity contribution in [3.8, 4) is 10.6 Å². The lowest BCUT2D eigenvalue weighted by Gasteiger charge is -2.10. The van der Waals surface area contributed by atoms with Crippen LogP contribution in [0.25, 0.3) is 10.6 Å². The second-order valence-electron chi connectivity index (χ2n) is 4.33. The average Bonchev–Trinajstić information content (AvgIpc) is 2.87. The van der Waals surface area contributed by atoms with Crippen molar-refractivity contribution in [2.45, 2.75) is 26.3 Å². The van der Waals surface area contributed by atoms with Gasteiger partial charge in [-0.15, -0.1) is 11.3 Å². The van der Waals surface area contributed by atoms with E-state index in [0.29, 0.717) is 5.92 Å². The summed E-state index contributed by atoms with van der Waals surface area (Å²) in [5.74, 6) is 0.592. The van der Waals surface area contributed by atoms with Crippen LogP contribution in [0.5, 0.6) is 0 Å². The summed E-state index contributed by atoms with van der Waals surface area (Å²) in [5, 5.41) is 3.01. The lowest BCUT2D eigenvalue weighted by Crippen LogP contribution is -2.13. The molecule has 0 amide bonds. The Balaban J connectivity index is 2.13. The molecule has 0 saturated heterocycles. The van der Waals surface area contributed by atoms with Crippen molar-refractivity contribution in [2.75, 3.05) is 0 Å². The van der Waals surface area contributed by atoms with Gasteiger partial charge in [0.2, 0.25) is 0 Å². The van der Waals surface area contributed by atoms with E-state index in [4.69, 9.17) is 10.2 Å². The molecule has 4 heteroatoms. The van der Waals surface area contributed by atoms with Crippen LogP contribution in [0.2, 0.25) is 0 Å². The first-order chi connectivity index (χ1) is 7.66. The fourth-order valence-corrected chi connectivity index (χ4v) is 2.47. The lowest BCUT2D eigenvalue weighted by atomic mass is 10.0. The molecule has 2 N–H and O–H groups in total. The van der Waals surface area contributed by atoms with Gasteiger partial charge in [-0.25, -0.2) is 4.98 Å². The Morgan fingerprint density at radius 2 is 2.31 bits per heavy atom. The highest BCUT2D eigenvalue weighted by molar-refractivity contribution is 7.13. The largest absolute Gasteiger partial charge is 0.472 e. The first kappa shape index (κ1) is 11.4. The fourth-order valence-electron chi connectivity index (χ4n) is 1.60. The molecule has 2 rings (SSSR count). The first-order valence-electron chi connectivity index (χ1n) is 5.40. The maximum Gasteiger partial charge on any atom is 0.126 e. The standard InChI is InChI=1S/C12H16N2OS/c1-8(2)5-10(13)11-7-16-12(14-11)9-3-4-15-6-9/h3-4,6-8,10H,5,13H2,1-2H3. The predicted molar refractivity (Wildman–Crippen MR) is 66.2 cm³/mol. The van der Waals surface area contributed by atoms with Gasteiger partial charge >= 0.3 is 0 Å². The quantitative estimate of drug-likeness (QED) is 0.884. The van der Waals surface area contributed by atoms with Crippen molar-refractivity contribution in [3.05, 3.63) is 29.7 Å². The van der Waals surface area contributed by atoms with Gasteiger partial charge in [0.15, 0.2) is 0 Å². The zero-order valence-corrected chi connectivity index (χ0v) is 10.3. The Hall–Kier alpha value is -1.13. The average molecular weight is 236 g/mol. The van der Waals surface area contributed by atoms with Gasteiger partial charge in [0, 0.05) is 17.0 Å². The van der Waals surface area contributed by atoms with Crippen LogP contribution in [0.15, 0.2) is 28.4 Å². The Labute approximate surface area is 99.3 Å². The molecule has 0 radical (unpaired) electrons. The Kier molecular flexibility index (Phi) is 3.41. The molecule has 86 valence electrons. The normalized spacial score (nSPS) is 13.2. The van der Waals surface area contributed by atoms with Crippen molar-refractivity contribution >= 4 is 11.3 Å². The number of nitrogens with two attached hydrogens (primary N) is 1. The summed E-state index contributed by atoms with van der Waals surface area (Å²) < 4.78 is 5.04. The number of hydrogen-bond acceptors (Lipinski definition) is 4. The lowest BCUT2D eigenvalue weighted by molar-refractivity contribution is 0.504. The minimum atomic E-state index is 0.0388. The highest BCUT2D eigenvalue weighted by atomic mass is 32.1. The van der Waals surface area contributed by atoms with Crippen LogP contribution in [0, 0.1) is 5.92 Å². The molecule has 2 heterocycles. The molecule has 0 aliphatic rings. The topological polar surface area (TPSA) is 52.0 Å². The van der Waals surface area contributed by atoms with Gasteiger partial charge in [-0.1, -0.05) is 13.8 Å². The molecule has 0 saturated carbocycles. The highest BCUT2D eigenvalue weighted by Gasteiger charge is 2.13. The SMILES string of the molecule is CC(C)CC(N)c1csc(-c2ccoc2)n1. The molecule has 0 aromatic carbocycles. The zero-order chi connectivity index (χ0) is 11.5. The molecule has 0 aliphatic heterocycles. The van der Waals surface area contributed by atoms with Crippen LogP contribution in [-0.4, -0.2) is 4.98 Å². The van der Waals surface area contributed by atoms with Crippen LogP contribution in [0.4, 0.5) is 0 Å². The molecule has 0 spiro atoms. The van der Waals surface area contributed by atoms with Crippen molar-refractivity contribution in [2.24, 2.45) is 11.7 Å². The van der Waals surface area contributed by atoms with Gasteiger partial charge in [-0.05, 0) is 18.4 Å². The van der Waals surface area contributed by atoms with Gasteiger partial charge in [-0.3, -0.25) is 0 Å². The minimum absolute atomic E-state index is 0.0388. The molecule has 16 heavy (non-hydrogen) atoms. The Bertz CT molecular complexity index is 434. The molecular weight excluding hydrogens is 220 g/mol. The fraction of sp³-hybridized carbons (Fsp3) is 0.417. The summed E-state index contributed by atoms with van der Waals surface area (Å²) in [5.41, 5.74) is 8.09. The first-order valence-corrected chi connectivity index (χ1v) is 6.28. The van der Waals surface area contributed by atoms with Crippen LogP contribution >= 0.6 is 11.3 Å². The number of nitrogens with zero attached hydrogens (tertiary/aromatic N) is 1. The highest BCUT2D eigenvalue weighted by Crippen LogP contribution is 2.27. The predicted octanol–water partition coefficient (Wildman–Crippen LogP) is 3.45. The number of aromatic nitrogens is 1. The van der Waals surface area contributed by atoms with Crippen molar-refractivity contribution in [3.63, 3.8) is 0 Å². The van der Waals surface area contributed by atoms with Gasteiger partial charge in [0.05, 0.1) is 12.0 Å². The van der Waals surface area contributed by atoms with E-state index in [9.17, 15) is 0 Å². The number of hydrogen-bond donors (Lipinski definition) is 1.